The van der Waals surface area contributed by atoms with E-state index in [1.165, 1.54) is 0 Å². The van der Waals surface area contributed by atoms with Crippen LogP contribution in [-0.2, 0) is 9.59 Å². The van der Waals surface area contributed by atoms with E-state index in [2.05, 4.69) is 15.9 Å². The van der Waals surface area contributed by atoms with Gasteiger partial charge in [0, 0.05) is 5.33 Å². The summed E-state index contributed by atoms with van der Waals surface area (Å²) < 4.78 is 0. The van der Waals surface area contributed by atoms with Gasteiger partial charge in [0.25, 0.3) is 0 Å². The van der Waals surface area contributed by atoms with Crippen LogP contribution in [-0.4, -0.2) is 27.5 Å². The minimum absolute atomic E-state index is 0.199. The van der Waals surface area contributed by atoms with Crippen LogP contribution in [0, 0.1) is 11.3 Å². The number of carbonyl (C=O) groups is 2. The van der Waals surface area contributed by atoms with Crippen molar-refractivity contribution in [2.24, 2.45) is 11.3 Å². The number of rotatable bonds is 5. The van der Waals surface area contributed by atoms with Crippen molar-refractivity contribution in [1.29, 1.82) is 0 Å². The second kappa shape index (κ2) is 4.29. The minimum atomic E-state index is -1.50. The second-order valence-corrected chi connectivity index (χ2v) is 4.44. The number of carboxylic acids is 2. The maximum Gasteiger partial charge on any atom is 0.321 e. The van der Waals surface area contributed by atoms with Gasteiger partial charge in [0.05, 0.1) is 0 Å². The molecule has 0 aromatic carbocycles. The van der Waals surface area contributed by atoms with Crippen LogP contribution in [0.3, 0.4) is 0 Å². The SMILES string of the molecule is O=C(O)C1(C(=O)O)CCC1CCCBr. The molecule has 0 spiro atoms. The average Bonchev–Trinajstić information content (AvgIpc) is 2.02. The van der Waals surface area contributed by atoms with Crippen LogP contribution in [0.1, 0.15) is 25.7 Å². The number of halogens is 1. The van der Waals surface area contributed by atoms with Gasteiger partial charge in [-0.3, -0.25) is 9.59 Å². The van der Waals surface area contributed by atoms with E-state index in [1.54, 1.807) is 0 Å². The third-order valence-corrected chi connectivity index (χ3v) is 3.59. The van der Waals surface area contributed by atoms with Crippen LogP contribution in [0.5, 0.6) is 0 Å². The first-order valence-electron chi connectivity index (χ1n) is 4.58. The molecule has 0 amide bonds. The molecule has 1 unspecified atom stereocenters. The van der Waals surface area contributed by atoms with Gasteiger partial charge < -0.3 is 10.2 Å². The van der Waals surface area contributed by atoms with Crippen molar-refractivity contribution < 1.29 is 19.8 Å². The summed E-state index contributed by atoms with van der Waals surface area (Å²) in [5, 5.41) is 18.7. The lowest BCUT2D eigenvalue weighted by atomic mass is 9.58. The van der Waals surface area contributed by atoms with Crippen LogP contribution in [0.15, 0.2) is 0 Å². The molecule has 0 aromatic heterocycles. The lowest BCUT2D eigenvalue weighted by molar-refractivity contribution is -0.179. The van der Waals surface area contributed by atoms with Gasteiger partial charge in [-0.15, -0.1) is 0 Å². The summed E-state index contributed by atoms with van der Waals surface area (Å²) in [4.78, 5) is 21.9. The normalized spacial score (nSPS) is 23.9. The predicted octanol–water partition coefficient (Wildman–Crippen LogP) is 1.73. The van der Waals surface area contributed by atoms with Crippen molar-refractivity contribution in [3.05, 3.63) is 0 Å². The monoisotopic (exact) mass is 264 g/mol. The molecule has 0 saturated heterocycles. The molecule has 14 heavy (non-hydrogen) atoms. The van der Waals surface area contributed by atoms with Gasteiger partial charge in [0.1, 0.15) is 0 Å². The summed E-state index contributed by atoms with van der Waals surface area (Å²) in [6.45, 7) is 0. The number of carboxylic acid groups (broad SMARTS) is 2. The maximum absolute atomic E-state index is 10.9. The molecule has 1 saturated carbocycles. The summed E-state index contributed by atoms with van der Waals surface area (Å²) in [6.07, 6.45) is 2.48. The van der Waals surface area contributed by atoms with E-state index >= 15 is 0 Å². The van der Waals surface area contributed by atoms with Gasteiger partial charge in [0.2, 0.25) is 0 Å². The number of aliphatic carboxylic acids is 2. The Labute approximate surface area is 90.4 Å². The fourth-order valence-corrected chi connectivity index (χ4v) is 2.33. The molecule has 0 aromatic rings. The highest BCUT2D eigenvalue weighted by Gasteiger charge is 2.58. The van der Waals surface area contributed by atoms with Crippen LogP contribution >= 0.6 is 15.9 Å². The summed E-state index contributed by atoms with van der Waals surface area (Å²) in [5.74, 6) is -2.57. The van der Waals surface area contributed by atoms with Crippen LogP contribution in [0.4, 0.5) is 0 Å². The quantitative estimate of drug-likeness (QED) is 0.586. The molecule has 4 nitrogen and oxygen atoms in total. The third-order valence-electron chi connectivity index (χ3n) is 3.03. The Kier molecular flexibility index (Phi) is 3.53. The average molecular weight is 265 g/mol. The molecule has 1 aliphatic rings. The van der Waals surface area contributed by atoms with Crippen molar-refractivity contribution in [1.82, 2.24) is 0 Å². The topological polar surface area (TPSA) is 74.6 Å². The van der Waals surface area contributed by atoms with Gasteiger partial charge in [-0.05, 0) is 31.6 Å². The zero-order valence-corrected chi connectivity index (χ0v) is 9.29. The Hall–Kier alpha value is -0.580. The molecular weight excluding hydrogens is 252 g/mol. The molecule has 80 valence electrons. The largest absolute Gasteiger partial charge is 0.480 e. The molecule has 0 bridgehead atoms. The Morgan fingerprint density at radius 2 is 1.93 bits per heavy atom. The zero-order chi connectivity index (χ0) is 10.8. The Morgan fingerprint density at radius 3 is 2.21 bits per heavy atom. The lowest BCUT2D eigenvalue weighted by Crippen LogP contribution is -2.52. The highest BCUT2D eigenvalue weighted by atomic mass is 79.9. The van der Waals surface area contributed by atoms with E-state index in [0.717, 1.165) is 11.8 Å². The molecule has 1 aliphatic carbocycles. The molecule has 2 N–H and O–H groups in total. The third kappa shape index (κ3) is 1.65. The number of hydrogen-bond donors (Lipinski definition) is 2. The summed E-state index contributed by atoms with van der Waals surface area (Å²) in [6, 6.07) is 0. The highest BCUT2D eigenvalue weighted by Crippen LogP contribution is 2.49. The molecule has 0 aliphatic heterocycles. The van der Waals surface area contributed by atoms with Crippen molar-refractivity contribution in [3.8, 4) is 0 Å². The molecule has 1 atom stereocenters. The summed E-state index contributed by atoms with van der Waals surface area (Å²) in [7, 11) is 0. The Bertz CT molecular complexity index is 237. The van der Waals surface area contributed by atoms with E-state index < -0.39 is 17.4 Å². The fourth-order valence-electron chi connectivity index (χ4n) is 2.01. The number of alkyl halides is 1. The van der Waals surface area contributed by atoms with E-state index in [0.29, 0.717) is 12.8 Å². The molecular formula is C9H13BrO4. The van der Waals surface area contributed by atoms with Gasteiger partial charge in [0.15, 0.2) is 5.41 Å². The summed E-state index contributed by atoms with van der Waals surface area (Å²) in [5.41, 5.74) is -1.50. The first kappa shape index (κ1) is 11.5. The van der Waals surface area contributed by atoms with Gasteiger partial charge >= 0.3 is 11.9 Å². The van der Waals surface area contributed by atoms with Crippen molar-refractivity contribution in [3.63, 3.8) is 0 Å². The Balaban J connectivity index is 2.70. The van der Waals surface area contributed by atoms with Crippen molar-refractivity contribution in [2.75, 3.05) is 5.33 Å². The van der Waals surface area contributed by atoms with E-state index in [9.17, 15) is 9.59 Å². The first-order chi connectivity index (χ1) is 6.55. The molecule has 0 heterocycles. The second-order valence-electron chi connectivity index (χ2n) is 3.65. The number of hydrogen-bond acceptors (Lipinski definition) is 2. The Morgan fingerprint density at radius 1 is 1.36 bits per heavy atom. The van der Waals surface area contributed by atoms with E-state index in [1.807, 2.05) is 0 Å². The van der Waals surface area contributed by atoms with Gasteiger partial charge in [-0.1, -0.05) is 15.9 Å². The van der Waals surface area contributed by atoms with E-state index in [4.69, 9.17) is 10.2 Å². The smallest absolute Gasteiger partial charge is 0.321 e. The summed E-state index contributed by atoms with van der Waals surface area (Å²) >= 11 is 3.25. The van der Waals surface area contributed by atoms with Crippen molar-refractivity contribution >= 4 is 27.9 Å². The maximum atomic E-state index is 10.9. The molecule has 0 radical (unpaired) electrons. The highest BCUT2D eigenvalue weighted by molar-refractivity contribution is 9.09. The standard InChI is InChI=1S/C9H13BrO4/c10-5-1-2-6-3-4-9(6,7(11)12)8(13)14/h6H,1-5H2,(H,11,12)(H,13,14). The zero-order valence-electron chi connectivity index (χ0n) is 7.70. The van der Waals surface area contributed by atoms with Gasteiger partial charge in [-0.25, -0.2) is 0 Å². The van der Waals surface area contributed by atoms with Crippen LogP contribution in [0.2, 0.25) is 0 Å². The minimum Gasteiger partial charge on any atom is -0.480 e. The molecule has 1 fully saturated rings. The van der Waals surface area contributed by atoms with E-state index in [-0.39, 0.29) is 12.3 Å². The first-order valence-corrected chi connectivity index (χ1v) is 5.70. The van der Waals surface area contributed by atoms with Crippen molar-refractivity contribution in [2.45, 2.75) is 25.7 Å². The fraction of sp³-hybridized carbons (Fsp3) is 0.778. The lowest BCUT2D eigenvalue weighted by Gasteiger charge is -2.42. The van der Waals surface area contributed by atoms with Gasteiger partial charge in [-0.2, -0.15) is 0 Å². The van der Waals surface area contributed by atoms with Crippen LogP contribution < -0.4 is 0 Å². The molecule has 5 heteroatoms. The predicted molar refractivity (Wildman–Crippen MR) is 53.5 cm³/mol. The molecule has 1 rings (SSSR count). The van der Waals surface area contributed by atoms with Crippen LogP contribution in [0.25, 0.3) is 0 Å².